The van der Waals surface area contributed by atoms with Gasteiger partial charge in [-0.15, -0.1) is 0 Å². The van der Waals surface area contributed by atoms with Gasteiger partial charge in [-0.05, 0) is 12.5 Å². The van der Waals surface area contributed by atoms with Crippen LogP contribution in [0.3, 0.4) is 0 Å². The van der Waals surface area contributed by atoms with Crippen LogP contribution in [0.4, 0.5) is 0 Å². The van der Waals surface area contributed by atoms with Crippen LogP contribution in [0, 0.1) is 0 Å². The second-order valence-electron chi connectivity index (χ2n) is 3.83. The van der Waals surface area contributed by atoms with Crippen LogP contribution in [0.25, 0.3) is 0 Å². The number of ether oxygens (including phenoxy) is 1. The van der Waals surface area contributed by atoms with Gasteiger partial charge in [-0.2, -0.15) is 0 Å². The first-order valence-corrected chi connectivity index (χ1v) is 5.82. The summed E-state index contributed by atoms with van der Waals surface area (Å²) >= 11 is 0. The number of para-hydroxylation sites is 1. The standard InChI is InChI=1S/C13H20N2O2/c1-3-8-15(13(16)9-14)10-11-6-4-5-7-12(11)17-2/h4-7H,3,8-10,14H2,1-2H3. The smallest absolute Gasteiger partial charge is 0.236 e. The van der Waals surface area contributed by atoms with Crippen LogP contribution < -0.4 is 10.5 Å². The van der Waals surface area contributed by atoms with Gasteiger partial charge in [0.15, 0.2) is 0 Å². The molecule has 1 rings (SSSR count). The van der Waals surface area contributed by atoms with E-state index < -0.39 is 0 Å². The third-order valence-electron chi connectivity index (χ3n) is 2.57. The van der Waals surface area contributed by atoms with Crippen LogP contribution in [-0.2, 0) is 11.3 Å². The predicted octanol–water partition coefficient (Wildman–Crippen LogP) is 1.39. The Morgan fingerprint density at radius 3 is 2.71 bits per heavy atom. The average molecular weight is 236 g/mol. The number of hydrogen-bond donors (Lipinski definition) is 1. The van der Waals surface area contributed by atoms with E-state index in [-0.39, 0.29) is 12.5 Å². The van der Waals surface area contributed by atoms with Crippen molar-refractivity contribution in [2.24, 2.45) is 5.73 Å². The number of nitrogens with zero attached hydrogens (tertiary/aromatic N) is 1. The van der Waals surface area contributed by atoms with Gasteiger partial charge in [0.2, 0.25) is 5.91 Å². The van der Waals surface area contributed by atoms with Crippen molar-refractivity contribution in [3.63, 3.8) is 0 Å². The topological polar surface area (TPSA) is 55.6 Å². The van der Waals surface area contributed by atoms with Crippen molar-refractivity contribution >= 4 is 5.91 Å². The van der Waals surface area contributed by atoms with Crippen LogP contribution >= 0.6 is 0 Å². The summed E-state index contributed by atoms with van der Waals surface area (Å²) in [6.45, 7) is 3.36. The Hall–Kier alpha value is -1.55. The molecule has 0 aliphatic carbocycles. The Kier molecular flexibility index (Phi) is 5.49. The van der Waals surface area contributed by atoms with E-state index in [0.717, 1.165) is 17.7 Å². The molecule has 1 amide bonds. The molecule has 1 aromatic carbocycles. The van der Waals surface area contributed by atoms with Crippen LogP contribution in [0.15, 0.2) is 24.3 Å². The molecule has 0 bridgehead atoms. The van der Waals surface area contributed by atoms with E-state index in [4.69, 9.17) is 10.5 Å². The molecule has 0 unspecified atom stereocenters. The highest BCUT2D eigenvalue weighted by molar-refractivity contribution is 5.78. The number of methoxy groups -OCH3 is 1. The van der Waals surface area contributed by atoms with Crippen LogP contribution in [0.2, 0.25) is 0 Å². The zero-order valence-corrected chi connectivity index (χ0v) is 10.5. The lowest BCUT2D eigenvalue weighted by atomic mass is 10.2. The quantitative estimate of drug-likeness (QED) is 0.812. The highest BCUT2D eigenvalue weighted by atomic mass is 16.5. The lowest BCUT2D eigenvalue weighted by molar-refractivity contribution is -0.130. The number of carbonyl (C=O) groups excluding carboxylic acids is 1. The van der Waals surface area contributed by atoms with Gasteiger partial charge in [-0.1, -0.05) is 25.1 Å². The fourth-order valence-electron chi connectivity index (χ4n) is 1.73. The molecule has 0 aliphatic rings. The summed E-state index contributed by atoms with van der Waals surface area (Å²) in [5.74, 6) is 0.774. The number of amides is 1. The van der Waals surface area contributed by atoms with Crippen molar-refractivity contribution in [2.45, 2.75) is 19.9 Å². The fraction of sp³-hybridized carbons (Fsp3) is 0.462. The minimum Gasteiger partial charge on any atom is -0.496 e. The maximum Gasteiger partial charge on any atom is 0.236 e. The Morgan fingerprint density at radius 2 is 2.12 bits per heavy atom. The molecule has 94 valence electrons. The second kappa shape index (κ2) is 6.91. The summed E-state index contributed by atoms with van der Waals surface area (Å²) in [6, 6.07) is 7.71. The van der Waals surface area contributed by atoms with Gasteiger partial charge in [-0.25, -0.2) is 0 Å². The Morgan fingerprint density at radius 1 is 1.41 bits per heavy atom. The molecule has 2 N–H and O–H groups in total. The minimum absolute atomic E-state index is 0.0299. The minimum atomic E-state index is -0.0299. The van der Waals surface area contributed by atoms with Gasteiger partial charge >= 0.3 is 0 Å². The molecule has 0 spiro atoms. The van der Waals surface area contributed by atoms with Gasteiger partial charge in [0, 0.05) is 18.7 Å². The summed E-state index contributed by atoms with van der Waals surface area (Å²) in [4.78, 5) is 13.4. The molecule has 0 saturated heterocycles. The summed E-state index contributed by atoms with van der Waals surface area (Å²) in [6.07, 6.45) is 0.918. The monoisotopic (exact) mass is 236 g/mol. The molecule has 0 aliphatic heterocycles. The highest BCUT2D eigenvalue weighted by Gasteiger charge is 2.13. The predicted molar refractivity (Wildman–Crippen MR) is 67.8 cm³/mol. The van der Waals surface area contributed by atoms with Crippen molar-refractivity contribution in [1.82, 2.24) is 4.90 Å². The number of hydrogen-bond acceptors (Lipinski definition) is 3. The first-order valence-electron chi connectivity index (χ1n) is 5.82. The molecule has 0 heterocycles. The van der Waals surface area contributed by atoms with Gasteiger partial charge in [-0.3, -0.25) is 4.79 Å². The van der Waals surface area contributed by atoms with Gasteiger partial charge < -0.3 is 15.4 Å². The molecule has 4 nitrogen and oxygen atoms in total. The maximum absolute atomic E-state index is 11.7. The van der Waals surface area contributed by atoms with Crippen LogP contribution in [0.5, 0.6) is 5.75 Å². The molecule has 17 heavy (non-hydrogen) atoms. The van der Waals surface area contributed by atoms with E-state index in [0.29, 0.717) is 13.1 Å². The Balaban J connectivity index is 2.81. The van der Waals surface area contributed by atoms with Crippen LogP contribution in [-0.4, -0.2) is 31.0 Å². The molecule has 0 atom stereocenters. The lowest BCUT2D eigenvalue weighted by Gasteiger charge is -2.22. The molecule has 0 fully saturated rings. The van der Waals surface area contributed by atoms with Gasteiger partial charge in [0.05, 0.1) is 13.7 Å². The van der Waals surface area contributed by atoms with Gasteiger partial charge in [0.25, 0.3) is 0 Å². The molecule has 0 aromatic heterocycles. The zero-order chi connectivity index (χ0) is 12.7. The van der Waals surface area contributed by atoms with E-state index in [2.05, 4.69) is 0 Å². The van der Waals surface area contributed by atoms with Crippen molar-refractivity contribution in [3.05, 3.63) is 29.8 Å². The summed E-state index contributed by atoms with van der Waals surface area (Å²) < 4.78 is 5.27. The third kappa shape index (κ3) is 3.75. The molecule has 0 saturated carbocycles. The fourth-order valence-corrected chi connectivity index (χ4v) is 1.73. The average Bonchev–Trinajstić information content (AvgIpc) is 2.38. The van der Waals surface area contributed by atoms with E-state index in [1.807, 2.05) is 31.2 Å². The summed E-state index contributed by atoms with van der Waals surface area (Å²) in [5, 5.41) is 0. The summed E-state index contributed by atoms with van der Waals surface area (Å²) in [5.41, 5.74) is 6.41. The summed E-state index contributed by atoms with van der Waals surface area (Å²) in [7, 11) is 1.63. The first kappa shape index (κ1) is 13.5. The molecule has 1 aromatic rings. The number of benzene rings is 1. The molecule has 4 heteroatoms. The Bertz CT molecular complexity index is 366. The van der Waals surface area contributed by atoms with Crippen molar-refractivity contribution < 1.29 is 9.53 Å². The van der Waals surface area contributed by atoms with Crippen molar-refractivity contribution in [1.29, 1.82) is 0 Å². The third-order valence-corrected chi connectivity index (χ3v) is 2.57. The number of carbonyl (C=O) groups is 1. The van der Waals surface area contributed by atoms with E-state index in [1.165, 1.54) is 0 Å². The first-order chi connectivity index (χ1) is 8.22. The van der Waals surface area contributed by atoms with E-state index in [1.54, 1.807) is 12.0 Å². The normalized spacial score (nSPS) is 10.1. The second-order valence-corrected chi connectivity index (χ2v) is 3.83. The SMILES string of the molecule is CCCN(Cc1ccccc1OC)C(=O)CN. The maximum atomic E-state index is 11.7. The number of rotatable bonds is 6. The van der Waals surface area contributed by atoms with Crippen molar-refractivity contribution in [2.75, 3.05) is 20.2 Å². The Labute approximate surface area is 102 Å². The largest absolute Gasteiger partial charge is 0.496 e. The molecule has 0 radical (unpaired) electrons. The molecular formula is C13H20N2O2. The number of nitrogens with two attached hydrogens (primary N) is 1. The highest BCUT2D eigenvalue weighted by Crippen LogP contribution is 2.19. The van der Waals surface area contributed by atoms with Gasteiger partial charge in [0.1, 0.15) is 5.75 Å². The van der Waals surface area contributed by atoms with E-state index >= 15 is 0 Å². The van der Waals surface area contributed by atoms with Crippen molar-refractivity contribution in [3.8, 4) is 5.75 Å². The lowest BCUT2D eigenvalue weighted by Crippen LogP contribution is -2.36. The zero-order valence-electron chi connectivity index (χ0n) is 10.5. The van der Waals surface area contributed by atoms with E-state index in [9.17, 15) is 4.79 Å². The molecular weight excluding hydrogens is 216 g/mol. The van der Waals surface area contributed by atoms with Crippen LogP contribution in [0.1, 0.15) is 18.9 Å².